The molecule has 0 bridgehead atoms. The number of fused-ring (bicyclic) bond motifs is 1. The Morgan fingerprint density at radius 2 is 1.94 bits per heavy atom. The van der Waals surface area contributed by atoms with Gasteiger partial charge in [0.15, 0.2) is 0 Å². The summed E-state index contributed by atoms with van der Waals surface area (Å²) in [5.74, 6) is 0. The van der Waals surface area contributed by atoms with Crippen LogP contribution >= 0.6 is 0 Å². The molecule has 0 amide bonds. The summed E-state index contributed by atoms with van der Waals surface area (Å²) >= 11 is 0. The van der Waals surface area contributed by atoms with Gasteiger partial charge in [0, 0.05) is 23.4 Å². The Kier molecular flexibility index (Phi) is 3.61. The Morgan fingerprint density at radius 3 is 2.67 bits per heavy atom. The van der Waals surface area contributed by atoms with Crippen LogP contribution in [0.1, 0.15) is 30.9 Å². The fraction of sp³-hybridized carbons (Fsp3) is 0.385. The molecule has 2 nitrogen and oxygen atoms in total. The molecule has 98 valence electrons. The summed E-state index contributed by atoms with van der Waals surface area (Å²) in [7, 11) is 0. The van der Waals surface area contributed by atoms with Gasteiger partial charge in [-0.15, -0.1) is 0 Å². The predicted octanol–water partition coefficient (Wildman–Crippen LogP) is 4.17. The van der Waals surface area contributed by atoms with Crippen LogP contribution < -0.4 is 5.73 Å². The lowest BCUT2D eigenvalue weighted by molar-refractivity contribution is -0.135. The lowest BCUT2D eigenvalue weighted by atomic mass is 10.0. The number of hydrogen-bond donors (Lipinski definition) is 1. The first-order chi connectivity index (χ1) is 8.47. The van der Waals surface area contributed by atoms with Crippen molar-refractivity contribution in [3.05, 3.63) is 36.1 Å². The van der Waals surface area contributed by atoms with Crippen molar-refractivity contribution in [1.29, 1.82) is 0 Å². The Labute approximate surface area is 103 Å². The molecular weight excluding hydrogens is 243 g/mol. The minimum absolute atomic E-state index is 0.0319. The van der Waals surface area contributed by atoms with Crippen molar-refractivity contribution < 1.29 is 17.6 Å². The summed E-state index contributed by atoms with van der Waals surface area (Å²) in [6.45, 7) is 0. The second-order valence-corrected chi connectivity index (χ2v) is 4.30. The quantitative estimate of drug-likeness (QED) is 0.893. The topological polar surface area (TPSA) is 39.2 Å². The third kappa shape index (κ3) is 3.04. The van der Waals surface area contributed by atoms with Gasteiger partial charge in [0.05, 0.1) is 6.26 Å². The SMILES string of the molecule is NC(CCCC(F)(F)F)c1coc2ccccc12. The molecule has 0 saturated carbocycles. The van der Waals surface area contributed by atoms with E-state index in [0.717, 1.165) is 10.9 Å². The summed E-state index contributed by atoms with van der Waals surface area (Å²) in [4.78, 5) is 0. The third-order valence-electron chi connectivity index (χ3n) is 2.89. The summed E-state index contributed by atoms with van der Waals surface area (Å²) in [5, 5.41) is 0.872. The second kappa shape index (κ2) is 5.02. The van der Waals surface area contributed by atoms with E-state index in [9.17, 15) is 13.2 Å². The van der Waals surface area contributed by atoms with Crippen molar-refractivity contribution in [2.45, 2.75) is 31.5 Å². The van der Waals surface area contributed by atoms with Gasteiger partial charge in [-0.2, -0.15) is 13.2 Å². The van der Waals surface area contributed by atoms with Gasteiger partial charge >= 0.3 is 6.18 Å². The second-order valence-electron chi connectivity index (χ2n) is 4.30. The molecule has 0 aliphatic heterocycles. The fourth-order valence-electron chi connectivity index (χ4n) is 1.96. The van der Waals surface area contributed by atoms with E-state index in [1.165, 1.54) is 6.26 Å². The van der Waals surface area contributed by atoms with E-state index in [-0.39, 0.29) is 6.42 Å². The normalized spacial score (nSPS) is 14.0. The van der Waals surface area contributed by atoms with Crippen LogP contribution in [0.5, 0.6) is 0 Å². The highest BCUT2D eigenvalue weighted by atomic mass is 19.4. The maximum absolute atomic E-state index is 12.0. The summed E-state index contributed by atoms with van der Waals surface area (Å²) in [6, 6.07) is 6.93. The van der Waals surface area contributed by atoms with Crippen molar-refractivity contribution in [1.82, 2.24) is 0 Å². The van der Waals surface area contributed by atoms with E-state index in [4.69, 9.17) is 10.2 Å². The number of para-hydroxylation sites is 1. The van der Waals surface area contributed by atoms with Crippen LogP contribution in [-0.4, -0.2) is 6.18 Å². The van der Waals surface area contributed by atoms with Gasteiger partial charge in [0.2, 0.25) is 0 Å². The highest BCUT2D eigenvalue weighted by Gasteiger charge is 2.26. The van der Waals surface area contributed by atoms with Crippen LogP contribution in [-0.2, 0) is 0 Å². The number of rotatable bonds is 4. The molecule has 0 aliphatic rings. The molecule has 1 aromatic carbocycles. The molecule has 2 N–H and O–H groups in total. The lowest BCUT2D eigenvalue weighted by Crippen LogP contribution is -2.12. The molecule has 1 atom stereocenters. The molecule has 0 radical (unpaired) electrons. The maximum Gasteiger partial charge on any atom is 0.389 e. The van der Waals surface area contributed by atoms with Crippen LogP contribution in [0.2, 0.25) is 0 Å². The number of furan rings is 1. The zero-order chi connectivity index (χ0) is 13.2. The van der Waals surface area contributed by atoms with Crippen LogP contribution in [0.15, 0.2) is 34.9 Å². The molecule has 0 saturated heterocycles. The minimum atomic E-state index is -4.11. The average Bonchev–Trinajstić information content (AvgIpc) is 2.70. The van der Waals surface area contributed by atoms with Gasteiger partial charge in [-0.25, -0.2) is 0 Å². The highest BCUT2D eigenvalue weighted by molar-refractivity contribution is 5.81. The number of hydrogen-bond acceptors (Lipinski definition) is 2. The van der Waals surface area contributed by atoms with Crippen molar-refractivity contribution in [3.63, 3.8) is 0 Å². The zero-order valence-corrected chi connectivity index (χ0v) is 9.70. The Hall–Kier alpha value is -1.49. The van der Waals surface area contributed by atoms with E-state index < -0.39 is 18.6 Å². The fourth-order valence-corrected chi connectivity index (χ4v) is 1.96. The van der Waals surface area contributed by atoms with Crippen LogP contribution in [0.4, 0.5) is 13.2 Å². The van der Waals surface area contributed by atoms with Gasteiger partial charge in [-0.1, -0.05) is 18.2 Å². The first-order valence-corrected chi connectivity index (χ1v) is 5.76. The molecule has 2 aromatic rings. The van der Waals surface area contributed by atoms with Crippen molar-refractivity contribution in [2.75, 3.05) is 0 Å². The smallest absolute Gasteiger partial charge is 0.389 e. The Morgan fingerprint density at radius 1 is 1.22 bits per heavy atom. The van der Waals surface area contributed by atoms with Crippen LogP contribution in [0.25, 0.3) is 11.0 Å². The predicted molar refractivity (Wildman–Crippen MR) is 63.0 cm³/mol. The van der Waals surface area contributed by atoms with Crippen molar-refractivity contribution in [3.8, 4) is 0 Å². The highest BCUT2D eigenvalue weighted by Crippen LogP contribution is 2.29. The van der Waals surface area contributed by atoms with E-state index in [2.05, 4.69) is 0 Å². The number of alkyl halides is 3. The maximum atomic E-state index is 12.0. The van der Waals surface area contributed by atoms with E-state index in [0.29, 0.717) is 12.0 Å². The zero-order valence-electron chi connectivity index (χ0n) is 9.70. The summed E-state index contributed by atoms with van der Waals surface area (Å²) < 4.78 is 41.4. The van der Waals surface area contributed by atoms with Crippen LogP contribution in [0.3, 0.4) is 0 Å². The van der Waals surface area contributed by atoms with E-state index >= 15 is 0 Å². The standard InChI is InChI=1S/C13H14F3NO/c14-13(15,16)7-3-5-11(17)10-8-18-12-6-2-1-4-9(10)12/h1-2,4,6,8,11H,3,5,7,17H2. The van der Waals surface area contributed by atoms with Crippen LogP contribution in [0, 0.1) is 0 Å². The third-order valence-corrected chi connectivity index (χ3v) is 2.89. The molecule has 18 heavy (non-hydrogen) atoms. The molecule has 2 rings (SSSR count). The van der Waals surface area contributed by atoms with Gasteiger partial charge in [0.1, 0.15) is 5.58 Å². The molecule has 1 unspecified atom stereocenters. The number of benzene rings is 1. The minimum Gasteiger partial charge on any atom is -0.464 e. The summed E-state index contributed by atoms with van der Waals surface area (Å²) in [5.41, 5.74) is 7.39. The van der Waals surface area contributed by atoms with Gasteiger partial charge in [-0.3, -0.25) is 0 Å². The molecule has 0 aliphatic carbocycles. The lowest BCUT2D eigenvalue weighted by Gasteiger charge is -2.11. The number of halogens is 3. The molecule has 1 aromatic heterocycles. The molecular formula is C13H14F3NO. The molecule has 0 fully saturated rings. The van der Waals surface area contributed by atoms with Gasteiger partial charge < -0.3 is 10.2 Å². The first-order valence-electron chi connectivity index (χ1n) is 5.76. The monoisotopic (exact) mass is 257 g/mol. The molecule has 5 heteroatoms. The van der Waals surface area contributed by atoms with E-state index in [1.54, 1.807) is 6.07 Å². The molecule has 1 heterocycles. The first kappa shape index (κ1) is 13.0. The number of nitrogens with two attached hydrogens (primary N) is 1. The summed E-state index contributed by atoms with van der Waals surface area (Å²) in [6.07, 6.45) is -3.05. The molecule has 0 spiro atoms. The van der Waals surface area contributed by atoms with Gasteiger partial charge in [-0.05, 0) is 18.9 Å². The van der Waals surface area contributed by atoms with Crippen molar-refractivity contribution >= 4 is 11.0 Å². The Balaban J connectivity index is 2.03. The van der Waals surface area contributed by atoms with E-state index in [1.807, 2.05) is 18.2 Å². The Bertz CT molecular complexity index is 518. The average molecular weight is 257 g/mol. The largest absolute Gasteiger partial charge is 0.464 e. The van der Waals surface area contributed by atoms with Crippen molar-refractivity contribution in [2.24, 2.45) is 5.73 Å². The van der Waals surface area contributed by atoms with Gasteiger partial charge in [0.25, 0.3) is 0 Å².